The van der Waals surface area contributed by atoms with Gasteiger partial charge in [0.25, 0.3) is 0 Å². The van der Waals surface area contributed by atoms with Crippen molar-refractivity contribution in [1.82, 2.24) is 0 Å². The molecule has 2 rings (SSSR count). The van der Waals surface area contributed by atoms with Crippen molar-refractivity contribution >= 4 is 5.57 Å². The smallest absolute Gasteiger partial charge is 0.0991 e. The first-order chi connectivity index (χ1) is 5.90. The lowest BCUT2D eigenvalue weighted by Crippen LogP contribution is -1.93. The van der Waals surface area contributed by atoms with Gasteiger partial charge in [-0.05, 0) is 36.1 Å². The zero-order valence-corrected chi connectivity index (χ0v) is 6.75. The third-order valence-electron chi connectivity index (χ3n) is 2.17. The Labute approximate surface area is 72.0 Å². The number of hydrogen-bond acceptors (Lipinski definition) is 1. The summed E-state index contributed by atoms with van der Waals surface area (Å²) >= 11 is 0. The van der Waals surface area contributed by atoms with Crippen molar-refractivity contribution in [3.63, 3.8) is 0 Å². The van der Waals surface area contributed by atoms with Gasteiger partial charge >= 0.3 is 0 Å². The standard InChI is InChI=1S/C11H9N/c12-8-9-3-1-6-11(7-9)10-4-2-5-10/h1,3-4,6-7H,2,5H2. The molecule has 1 nitrogen and oxygen atoms in total. The average Bonchev–Trinajstić information content (AvgIpc) is 2.02. The van der Waals surface area contributed by atoms with E-state index in [0.29, 0.717) is 0 Å². The third kappa shape index (κ3) is 1.12. The lowest BCUT2D eigenvalue weighted by atomic mass is 9.91. The van der Waals surface area contributed by atoms with Crippen molar-refractivity contribution in [3.05, 3.63) is 41.5 Å². The van der Waals surface area contributed by atoms with E-state index in [1.165, 1.54) is 17.6 Å². The van der Waals surface area contributed by atoms with Crippen molar-refractivity contribution in [2.45, 2.75) is 12.8 Å². The van der Waals surface area contributed by atoms with E-state index in [2.05, 4.69) is 18.2 Å². The topological polar surface area (TPSA) is 23.8 Å². The second-order valence-corrected chi connectivity index (χ2v) is 2.96. The summed E-state index contributed by atoms with van der Waals surface area (Å²) in [6.07, 6.45) is 4.57. The van der Waals surface area contributed by atoms with Gasteiger partial charge in [-0.2, -0.15) is 5.26 Å². The van der Waals surface area contributed by atoms with Gasteiger partial charge in [0.05, 0.1) is 11.6 Å². The summed E-state index contributed by atoms with van der Waals surface area (Å²) in [6, 6.07) is 9.93. The molecule has 58 valence electrons. The van der Waals surface area contributed by atoms with Gasteiger partial charge in [-0.3, -0.25) is 0 Å². The Hall–Kier alpha value is -1.55. The summed E-state index contributed by atoms with van der Waals surface area (Å²) < 4.78 is 0. The van der Waals surface area contributed by atoms with Crippen molar-refractivity contribution in [2.24, 2.45) is 0 Å². The van der Waals surface area contributed by atoms with Crippen LogP contribution in [0.15, 0.2) is 30.3 Å². The minimum Gasteiger partial charge on any atom is -0.192 e. The highest BCUT2D eigenvalue weighted by Crippen LogP contribution is 2.28. The normalized spacial score (nSPS) is 14.4. The Morgan fingerprint density at radius 1 is 1.33 bits per heavy atom. The minimum atomic E-state index is 0.750. The Morgan fingerprint density at radius 2 is 2.17 bits per heavy atom. The summed E-state index contributed by atoms with van der Waals surface area (Å²) in [4.78, 5) is 0. The Balaban J connectivity index is 2.40. The molecule has 0 bridgehead atoms. The van der Waals surface area contributed by atoms with Crippen LogP contribution >= 0.6 is 0 Å². The highest BCUT2D eigenvalue weighted by molar-refractivity contribution is 5.70. The minimum absolute atomic E-state index is 0.750. The fourth-order valence-corrected chi connectivity index (χ4v) is 1.34. The highest BCUT2D eigenvalue weighted by Gasteiger charge is 2.07. The molecule has 1 aromatic carbocycles. The summed E-state index contributed by atoms with van der Waals surface area (Å²) in [7, 11) is 0. The van der Waals surface area contributed by atoms with Crippen LogP contribution in [0.2, 0.25) is 0 Å². The molecule has 0 aliphatic heterocycles. The number of benzene rings is 1. The quantitative estimate of drug-likeness (QED) is 0.611. The van der Waals surface area contributed by atoms with Gasteiger partial charge in [0.2, 0.25) is 0 Å². The monoisotopic (exact) mass is 155 g/mol. The molecule has 0 saturated carbocycles. The molecule has 1 aliphatic rings. The van der Waals surface area contributed by atoms with Gasteiger partial charge < -0.3 is 0 Å². The molecule has 1 heteroatoms. The van der Waals surface area contributed by atoms with E-state index >= 15 is 0 Å². The molecule has 0 saturated heterocycles. The van der Waals surface area contributed by atoms with E-state index in [1.807, 2.05) is 18.2 Å². The number of allylic oxidation sites excluding steroid dienone is 2. The summed E-state index contributed by atoms with van der Waals surface area (Å²) in [5.74, 6) is 0. The van der Waals surface area contributed by atoms with E-state index in [0.717, 1.165) is 12.0 Å². The second-order valence-electron chi connectivity index (χ2n) is 2.96. The van der Waals surface area contributed by atoms with Gasteiger partial charge in [0.1, 0.15) is 0 Å². The van der Waals surface area contributed by atoms with Crippen LogP contribution in [0.3, 0.4) is 0 Å². The Kier molecular flexibility index (Phi) is 1.68. The highest BCUT2D eigenvalue weighted by atomic mass is 14.2. The van der Waals surface area contributed by atoms with Crippen LogP contribution in [-0.2, 0) is 0 Å². The Morgan fingerprint density at radius 3 is 2.75 bits per heavy atom. The third-order valence-corrected chi connectivity index (χ3v) is 2.17. The molecular formula is C11H9N. The predicted octanol–water partition coefficient (Wildman–Crippen LogP) is 2.74. The van der Waals surface area contributed by atoms with E-state index in [4.69, 9.17) is 5.26 Å². The second kappa shape index (κ2) is 2.83. The molecule has 0 spiro atoms. The summed E-state index contributed by atoms with van der Waals surface area (Å²) in [6.45, 7) is 0. The van der Waals surface area contributed by atoms with Crippen LogP contribution in [-0.4, -0.2) is 0 Å². The summed E-state index contributed by atoms with van der Waals surface area (Å²) in [5, 5.41) is 8.67. The molecule has 1 aliphatic carbocycles. The van der Waals surface area contributed by atoms with Gasteiger partial charge in [-0.25, -0.2) is 0 Å². The van der Waals surface area contributed by atoms with E-state index in [-0.39, 0.29) is 0 Å². The lowest BCUT2D eigenvalue weighted by molar-refractivity contribution is 0.988. The molecule has 0 radical (unpaired) electrons. The maximum atomic E-state index is 8.67. The van der Waals surface area contributed by atoms with Crippen LogP contribution < -0.4 is 0 Å². The zero-order valence-electron chi connectivity index (χ0n) is 6.75. The van der Waals surface area contributed by atoms with E-state index in [9.17, 15) is 0 Å². The number of hydrogen-bond donors (Lipinski definition) is 0. The van der Waals surface area contributed by atoms with Crippen molar-refractivity contribution in [1.29, 1.82) is 5.26 Å². The van der Waals surface area contributed by atoms with Crippen molar-refractivity contribution in [2.75, 3.05) is 0 Å². The number of nitrogens with zero attached hydrogens (tertiary/aromatic N) is 1. The van der Waals surface area contributed by atoms with E-state index < -0.39 is 0 Å². The van der Waals surface area contributed by atoms with Gasteiger partial charge in [-0.1, -0.05) is 18.2 Å². The SMILES string of the molecule is N#Cc1cccc(C2=CCC2)c1. The molecule has 0 fully saturated rings. The first-order valence-electron chi connectivity index (χ1n) is 4.10. The maximum Gasteiger partial charge on any atom is 0.0991 e. The molecule has 12 heavy (non-hydrogen) atoms. The number of rotatable bonds is 1. The van der Waals surface area contributed by atoms with Crippen LogP contribution in [0.1, 0.15) is 24.0 Å². The number of nitriles is 1. The molecule has 0 N–H and O–H groups in total. The molecule has 0 heterocycles. The van der Waals surface area contributed by atoms with Crippen LogP contribution in [0.25, 0.3) is 5.57 Å². The van der Waals surface area contributed by atoms with Crippen LogP contribution in [0, 0.1) is 11.3 Å². The molecule has 0 unspecified atom stereocenters. The molecule has 0 aromatic heterocycles. The largest absolute Gasteiger partial charge is 0.192 e. The zero-order chi connectivity index (χ0) is 8.39. The van der Waals surface area contributed by atoms with Crippen molar-refractivity contribution in [3.8, 4) is 6.07 Å². The summed E-state index contributed by atoms with van der Waals surface area (Å²) in [5.41, 5.74) is 3.34. The molecular weight excluding hydrogens is 146 g/mol. The van der Waals surface area contributed by atoms with Gasteiger partial charge in [-0.15, -0.1) is 0 Å². The first kappa shape index (κ1) is 7.12. The lowest BCUT2D eigenvalue weighted by Gasteiger charge is -2.14. The van der Waals surface area contributed by atoms with Crippen molar-refractivity contribution < 1.29 is 0 Å². The average molecular weight is 155 g/mol. The van der Waals surface area contributed by atoms with Gasteiger partial charge in [0.15, 0.2) is 0 Å². The first-order valence-corrected chi connectivity index (χ1v) is 4.10. The van der Waals surface area contributed by atoms with Gasteiger partial charge in [0, 0.05) is 0 Å². The molecule has 1 aromatic rings. The Bertz CT molecular complexity index is 369. The molecule has 0 atom stereocenters. The maximum absolute atomic E-state index is 8.67. The van der Waals surface area contributed by atoms with E-state index in [1.54, 1.807) is 0 Å². The van der Waals surface area contributed by atoms with Crippen LogP contribution in [0.4, 0.5) is 0 Å². The fraction of sp³-hybridized carbons (Fsp3) is 0.182. The fourth-order valence-electron chi connectivity index (χ4n) is 1.34. The molecule has 0 amide bonds. The van der Waals surface area contributed by atoms with Crippen LogP contribution in [0.5, 0.6) is 0 Å². The predicted molar refractivity (Wildman–Crippen MR) is 48.4 cm³/mol.